The molecule has 3 N–H and O–H groups in total. The zero-order chi connectivity index (χ0) is 25.1. The highest BCUT2D eigenvalue weighted by molar-refractivity contribution is 9.11. The van der Waals surface area contributed by atoms with Crippen LogP contribution in [0.5, 0.6) is 0 Å². The number of carbonyl (C=O) groups excluding carboxylic acids is 2. The minimum Gasteiger partial charge on any atom is -0.478 e. The molecule has 0 aromatic heterocycles. The number of alkyl carbamates (subject to hydrolysis) is 1. The van der Waals surface area contributed by atoms with Gasteiger partial charge in [-0.05, 0) is 56.7 Å². The van der Waals surface area contributed by atoms with Gasteiger partial charge >= 0.3 is 12.1 Å². The van der Waals surface area contributed by atoms with Crippen molar-refractivity contribution in [2.45, 2.75) is 25.3 Å². The van der Waals surface area contributed by atoms with Gasteiger partial charge in [-0.25, -0.2) is 9.59 Å². The quantitative estimate of drug-likeness (QED) is 0.301. The van der Waals surface area contributed by atoms with Gasteiger partial charge in [-0.1, -0.05) is 71.4 Å². The average molecular weight is 602 g/mol. The van der Waals surface area contributed by atoms with E-state index in [1.165, 1.54) is 6.07 Å². The lowest BCUT2D eigenvalue weighted by molar-refractivity contribution is -0.118. The van der Waals surface area contributed by atoms with Crippen molar-refractivity contribution >= 4 is 55.5 Å². The van der Waals surface area contributed by atoms with E-state index in [0.29, 0.717) is 8.95 Å². The number of carboxylic acids is 1. The van der Waals surface area contributed by atoms with Gasteiger partial charge in [0.25, 0.3) is 0 Å². The molecule has 1 atom stereocenters. The van der Waals surface area contributed by atoms with Crippen LogP contribution in [-0.2, 0) is 9.53 Å². The lowest BCUT2D eigenvalue weighted by Gasteiger charge is -2.20. The summed E-state index contributed by atoms with van der Waals surface area (Å²) in [5.41, 5.74) is 4.45. The number of carbonyl (C=O) groups is 3. The van der Waals surface area contributed by atoms with Crippen LogP contribution in [0.25, 0.3) is 11.1 Å². The van der Waals surface area contributed by atoms with Crippen molar-refractivity contribution < 1.29 is 24.2 Å². The standard InChI is InChI=1S/C26H22Br2N2O5/c1-2-22(24(31)30-23-19(25(32)33)11-14(27)12-21(23)28)29-26(34)35-13-20-17-9-5-3-7-15(17)16-8-4-6-10-18(16)20/h3-12,20,22H,2,13H2,1H3,(H,29,34)(H,30,31)(H,32,33)/t22-/m1/s1. The maximum atomic E-state index is 12.9. The monoisotopic (exact) mass is 600 g/mol. The van der Waals surface area contributed by atoms with Gasteiger partial charge in [0.2, 0.25) is 5.91 Å². The van der Waals surface area contributed by atoms with Crippen molar-refractivity contribution in [3.05, 3.63) is 86.3 Å². The fraction of sp³-hybridized carbons (Fsp3) is 0.192. The number of rotatable bonds is 7. The van der Waals surface area contributed by atoms with E-state index in [4.69, 9.17) is 4.74 Å². The number of nitrogens with one attached hydrogen (secondary N) is 2. The molecule has 1 aliphatic carbocycles. The van der Waals surface area contributed by atoms with Crippen LogP contribution in [0, 0.1) is 0 Å². The molecule has 0 heterocycles. The van der Waals surface area contributed by atoms with Crippen LogP contribution in [0.4, 0.5) is 10.5 Å². The van der Waals surface area contributed by atoms with E-state index in [2.05, 4.69) is 54.6 Å². The first kappa shape index (κ1) is 24.9. The summed E-state index contributed by atoms with van der Waals surface area (Å²) in [5.74, 6) is -1.84. The third kappa shape index (κ3) is 5.26. The smallest absolute Gasteiger partial charge is 0.407 e. The zero-order valence-corrected chi connectivity index (χ0v) is 21.9. The predicted octanol–water partition coefficient (Wildman–Crippen LogP) is 6.17. The van der Waals surface area contributed by atoms with E-state index in [1.807, 2.05) is 36.4 Å². The first-order valence-electron chi connectivity index (χ1n) is 10.9. The topological polar surface area (TPSA) is 105 Å². The van der Waals surface area contributed by atoms with Crippen molar-refractivity contribution in [1.82, 2.24) is 5.32 Å². The van der Waals surface area contributed by atoms with Crippen LogP contribution in [0.2, 0.25) is 0 Å². The molecule has 3 aromatic carbocycles. The Bertz CT molecular complexity index is 1270. The molecule has 0 fully saturated rings. The van der Waals surface area contributed by atoms with E-state index in [-0.39, 0.29) is 30.2 Å². The highest BCUT2D eigenvalue weighted by Gasteiger charge is 2.30. The number of fused-ring (bicyclic) bond motifs is 3. The fourth-order valence-electron chi connectivity index (χ4n) is 4.21. The molecule has 35 heavy (non-hydrogen) atoms. The van der Waals surface area contributed by atoms with Crippen molar-refractivity contribution in [3.8, 4) is 11.1 Å². The summed E-state index contributed by atoms with van der Waals surface area (Å²) in [7, 11) is 0. The fourth-order valence-corrected chi connectivity index (χ4v) is 5.54. The summed E-state index contributed by atoms with van der Waals surface area (Å²) < 4.78 is 6.48. The van der Waals surface area contributed by atoms with E-state index in [1.54, 1.807) is 13.0 Å². The molecule has 3 aromatic rings. The molecule has 4 rings (SSSR count). The Labute approximate surface area is 219 Å². The van der Waals surface area contributed by atoms with Crippen LogP contribution in [0.15, 0.2) is 69.6 Å². The number of aromatic carboxylic acids is 1. The van der Waals surface area contributed by atoms with Crippen LogP contribution in [0.3, 0.4) is 0 Å². The summed E-state index contributed by atoms with van der Waals surface area (Å²) in [6.45, 7) is 1.86. The van der Waals surface area contributed by atoms with E-state index in [0.717, 1.165) is 22.3 Å². The largest absolute Gasteiger partial charge is 0.478 e. The molecule has 0 saturated heterocycles. The first-order chi connectivity index (χ1) is 16.8. The summed E-state index contributed by atoms with van der Waals surface area (Å²) in [5, 5.41) is 14.7. The van der Waals surface area contributed by atoms with Gasteiger partial charge in [-0.3, -0.25) is 4.79 Å². The van der Waals surface area contributed by atoms with E-state index < -0.39 is 24.0 Å². The number of hydrogen-bond acceptors (Lipinski definition) is 4. The SMILES string of the molecule is CC[C@@H](NC(=O)OCC1c2ccccc2-c2ccccc21)C(=O)Nc1c(Br)cc(Br)cc1C(=O)O. The van der Waals surface area contributed by atoms with Crippen LogP contribution < -0.4 is 10.6 Å². The second kappa shape index (κ2) is 10.6. The van der Waals surface area contributed by atoms with Gasteiger partial charge in [-0.2, -0.15) is 0 Å². The number of halogens is 2. The van der Waals surface area contributed by atoms with Gasteiger partial charge in [0, 0.05) is 14.9 Å². The van der Waals surface area contributed by atoms with Crippen molar-refractivity contribution in [1.29, 1.82) is 0 Å². The molecule has 0 radical (unpaired) electrons. The molecule has 180 valence electrons. The third-order valence-electron chi connectivity index (χ3n) is 5.89. The molecular weight excluding hydrogens is 580 g/mol. The Kier molecular flexibility index (Phi) is 7.57. The molecular formula is C26H22Br2N2O5. The summed E-state index contributed by atoms with van der Waals surface area (Å²) in [6, 6.07) is 18.1. The molecule has 1 aliphatic rings. The second-order valence-electron chi connectivity index (χ2n) is 8.04. The molecule has 9 heteroatoms. The Morgan fingerprint density at radius 3 is 2.17 bits per heavy atom. The summed E-state index contributed by atoms with van der Waals surface area (Å²) in [4.78, 5) is 37.1. The summed E-state index contributed by atoms with van der Waals surface area (Å²) in [6.07, 6.45) is -0.436. The zero-order valence-electron chi connectivity index (χ0n) is 18.7. The Hall–Kier alpha value is -3.17. The van der Waals surface area contributed by atoms with E-state index >= 15 is 0 Å². The number of anilines is 1. The number of ether oxygens (including phenoxy) is 1. The minimum absolute atomic E-state index is 0.0874. The van der Waals surface area contributed by atoms with Gasteiger partial charge in [-0.15, -0.1) is 0 Å². The van der Waals surface area contributed by atoms with Crippen LogP contribution in [0.1, 0.15) is 40.7 Å². The van der Waals surface area contributed by atoms with Crippen LogP contribution >= 0.6 is 31.9 Å². The number of amides is 2. The molecule has 2 amide bonds. The molecule has 0 saturated carbocycles. The molecule has 0 unspecified atom stereocenters. The Balaban J connectivity index is 1.43. The van der Waals surface area contributed by atoms with Gasteiger partial charge in [0.05, 0.1) is 11.3 Å². The molecule has 0 aliphatic heterocycles. The van der Waals surface area contributed by atoms with Crippen LogP contribution in [-0.4, -0.2) is 35.7 Å². The maximum absolute atomic E-state index is 12.9. The lowest BCUT2D eigenvalue weighted by atomic mass is 9.98. The first-order valence-corrected chi connectivity index (χ1v) is 12.5. The number of hydrogen-bond donors (Lipinski definition) is 3. The Morgan fingerprint density at radius 2 is 1.60 bits per heavy atom. The second-order valence-corrected chi connectivity index (χ2v) is 9.81. The molecule has 0 spiro atoms. The average Bonchev–Trinajstić information content (AvgIpc) is 3.16. The summed E-state index contributed by atoms with van der Waals surface area (Å²) >= 11 is 6.53. The molecule has 7 nitrogen and oxygen atoms in total. The normalized spacial score (nSPS) is 12.9. The highest BCUT2D eigenvalue weighted by Crippen LogP contribution is 2.44. The van der Waals surface area contributed by atoms with Gasteiger partial charge < -0.3 is 20.5 Å². The number of benzene rings is 3. The third-order valence-corrected chi connectivity index (χ3v) is 6.98. The lowest BCUT2D eigenvalue weighted by Crippen LogP contribution is -2.44. The maximum Gasteiger partial charge on any atom is 0.407 e. The van der Waals surface area contributed by atoms with Crippen molar-refractivity contribution in [2.24, 2.45) is 0 Å². The highest BCUT2D eigenvalue weighted by atomic mass is 79.9. The predicted molar refractivity (Wildman–Crippen MR) is 140 cm³/mol. The molecule has 0 bridgehead atoms. The van der Waals surface area contributed by atoms with Crippen molar-refractivity contribution in [3.63, 3.8) is 0 Å². The number of carboxylic acid groups (broad SMARTS) is 1. The van der Waals surface area contributed by atoms with Crippen molar-refractivity contribution in [2.75, 3.05) is 11.9 Å². The minimum atomic E-state index is -1.19. The van der Waals surface area contributed by atoms with Gasteiger partial charge in [0.1, 0.15) is 12.6 Å². The van der Waals surface area contributed by atoms with Gasteiger partial charge in [0.15, 0.2) is 0 Å². The Morgan fingerprint density at radius 1 is 1.00 bits per heavy atom. The van der Waals surface area contributed by atoms with E-state index in [9.17, 15) is 19.5 Å².